The van der Waals surface area contributed by atoms with E-state index >= 15 is 0 Å². The van der Waals surface area contributed by atoms with E-state index in [4.69, 9.17) is 37.7 Å². The van der Waals surface area contributed by atoms with Crippen molar-refractivity contribution in [2.75, 3.05) is 31.0 Å². The number of hydrogen-bond acceptors (Lipinski definition) is 6. The zero-order chi connectivity index (χ0) is 27.5. The van der Waals surface area contributed by atoms with Gasteiger partial charge < -0.3 is 29.4 Å². The predicted octanol–water partition coefficient (Wildman–Crippen LogP) is 6.07. The molecule has 0 bridgehead atoms. The molecule has 4 aromatic rings. The smallest absolute Gasteiger partial charge is 0.250 e. The van der Waals surface area contributed by atoms with Crippen LogP contribution in [0.2, 0.25) is 5.02 Å². The van der Waals surface area contributed by atoms with E-state index in [0.717, 1.165) is 22.5 Å². The van der Waals surface area contributed by atoms with Crippen molar-refractivity contribution in [3.8, 4) is 17.1 Å². The molecule has 5 rings (SSSR count). The van der Waals surface area contributed by atoms with E-state index in [1.807, 2.05) is 72.5 Å². The molecule has 0 spiro atoms. The molecule has 0 unspecified atom stereocenters. The van der Waals surface area contributed by atoms with E-state index in [9.17, 15) is 4.79 Å². The van der Waals surface area contributed by atoms with Crippen LogP contribution in [0.3, 0.4) is 0 Å². The number of carbonyl (C=O) groups excluding carboxylic acids is 1. The molecule has 0 radical (unpaired) electrons. The lowest BCUT2D eigenvalue weighted by Crippen LogP contribution is -2.29. The van der Waals surface area contributed by atoms with E-state index in [2.05, 4.69) is 15.6 Å². The van der Waals surface area contributed by atoms with Crippen LogP contribution in [0.4, 0.5) is 11.4 Å². The summed E-state index contributed by atoms with van der Waals surface area (Å²) >= 11 is 12.2. The van der Waals surface area contributed by atoms with Crippen LogP contribution in [0, 0.1) is 6.92 Å². The van der Waals surface area contributed by atoms with Gasteiger partial charge in [0.2, 0.25) is 5.91 Å². The van der Waals surface area contributed by atoms with Crippen molar-refractivity contribution in [3.63, 3.8) is 0 Å². The third kappa shape index (κ3) is 5.47. The fraction of sp³-hybridized carbons (Fsp3) is 0.207. The van der Waals surface area contributed by atoms with Crippen molar-refractivity contribution in [2.45, 2.75) is 19.0 Å². The molecule has 2 aromatic heterocycles. The number of rotatable bonds is 8. The second-order valence-corrected chi connectivity index (χ2v) is 9.82. The average molecular weight is 563 g/mol. The number of nitrogens with one attached hydrogen (secondary N) is 2. The average Bonchev–Trinajstić information content (AvgIpc) is 3.55. The van der Waals surface area contributed by atoms with Crippen LogP contribution < -0.4 is 20.3 Å². The van der Waals surface area contributed by atoms with Gasteiger partial charge in [0, 0.05) is 29.6 Å². The van der Waals surface area contributed by atoms with Crippen LogP contribution in [-0.2, 0) is 9.53 Å². The molecular formula is C29H27ClN4O4S. The summed E-state index contributed by atoms with van der Waals surface area (Å²) in [6, 6.07) is 20.3. The van der Waals surface area contributed by atoms with Crippen molar-refractivity contribution >= 4 is 46.2 Å². The first-order chi connectivity index (χ1) is 18.9. The van der Waals surface area contributed by atoms with Gasteiger partial charge in [0.25, 0.3) is 0 Å². The Hall–Kier alpha value is -3.92. The molecule has 39 heavy (non-hydrogen) atoms. The largest absolute Gasteiger partial charge is 0.495 e. The van der Waals surface area contributed by atoms with Crippen molar-refractivity contribution in [3.05, 3.63) is 95.0 Å². The number of pyridine rings is 1. The van der Waals surface area contributed by atoms with Crippen LogP contribution >= 0.6 is 23.8 Å². The molecule has 200 valence electrons. The van der Waals surface area contributed by atoms with Crippen LogP contribution in [0.15, 0.2) is 77.3 Å². The highest BCUT2D eigenvalue weighted by Crippen LogP contribution is 2.44. The summed E-state index contributed by atoms with van der Waals surface area (Å²) in [6.45, 7) is 1.88. The Bertz CT molecular complexity index is 1510. The summed E-state index contributed by atoms with van der Waals surface area (Å²) in [5.74, 6) is 1.58. The Morgan fingerprint density at radius 2 is 2.00 bits per heavy atom. The number of carbonyl (C=O) groups is 1. The van der Waals surface area contributed by atoms with Gasteiger partial charge in [-0.3, -0.25) is 9.78 Å². The zero-order valence-electron chi connectivity index (χ0n) is 21.6. The Morgan fingerprint density at radius 1 is 1.15 bits per heavy atom. The van der Waals surface area contributed by atoms with Crippen LogP contribution in [0.1, 0.15) is 29.1 Å². The van der Waals surface area contributed by atoms with Crippen molar-refractivity contribution in [1.82, 2.24) is 10.3 Å². The SMILES string of the molecule is COCC(=O)Nc1cc(N2C(=S)N[C@H](c3ccccn3)[C@@H]2c2ccc(-c3ccc(C)c(Cl)c3)o2)ccc1OC. The maximum atomic E-state index is 12.3. The van der Waals surface area contributed by atoms with Gasteiger partial charge in [-0.05, 0) is 73.2 Å². The van der Waals surface area contributed by atoms with Gasteiger partial charge in [-0.2, -0.15) is 0 Å². The number of ether oxygens (including phenoxy) is 2. The first-order valence-electron chi connectivity index (χ1n) is 12.2. The van der Waals surface area contributed by atoms with Gasteiger partial charge in [-0.25, -0.2) is 0 Å². The van der Waals surface area contributed by atoms with Gasteiger partial charge >= 0.3 is 0 Å². The monoisotopic (exact) mass is 562 g/mol. The summed E-state index contributed by atoms with van der Waals surface area (Å²) in [6.07, 6.45) is 1.75. The molecule has 1 aliphatic rings. The Morgan fingerprint density at radius 3 is 2.72 bits per heavy atom. The number of aryl methyl sites for hydroxylation is 1. The summed E-state index contributed by atoms with van der Waals surface area (Å²) in [7, 11) is 3.01. The molecule has 2 N–H and O–H groups in total. The number of thiocarbonyl (C=S) groups is 1. The lowest BCUT2D eigenvalue weighted by atomic mass is 10.0. The van der Waals surface area contributed by atoms with Gasteiger partial charge in [0.05, 0.1) is 24.5 Å². The number of methoxy groups -OCH3 is 2. The van der Waals surface area contributed by atoms with Crippen molar-refractivity contribution in [1.29, 1.82) is 0 Å². The van der Waals surface area contributed by atoms with Gasteiger partial charge in [0.15, 0.2) is 5.11 Å². The molecule has 0 aliphatic carbocycles. The highest BCUT2D eigenvalue weighted by atomic mass is 35.5. The van der Waals surface area contributed by atoms with Crippen LogP contribution in [0.25, 0.3) is 11.3 Å². The summed E-state index contributed by atoms with van der Waals surface area (Å²) < 4.78 is 16.9. The number of hydrogen-bond donors (Lipinski definition) is 2. The maximum absolute atomic E-state index is 12.3. The first kappa shape index (κ1) is 26.7. The lowest BCUT2D eigenvalue weighted by molar-refractivity contribution is -0.119. The Labute approximate surface area is 236 Å². The van der Waals surface area contributed by atoms with Crippen LogP contribution in [0.5, 0.6) is 5.75 Å². The minimum atomic E-state index is -0.377. The summed E-state index contributed by atoms with van der Waals surface area (Å²) in [5.41, 5.74) is 3.91. The molecule has 1 aliphatic heterocycles. The molecule has 2 aromatic carbocycles. The quantitative estimate of drug-likeness (QED) is 0.250. The number of nitrogens with zero attached hydrogens (tertiary/aromatic N) is 2. The molecule has 0 saturated carbocycles. The molecule has 2 atom stereocenters. The van der Waals surface area contributed by atoms with Crippen molar-refractivity contribution in [2.24, 2.45) is 0 Å². The number of amides is 1. The molecule has 8 nitrogen and oxygen atoms in total. The molecule has 10 heteroatoms. The zero-order valence-corrected chi connectivity index (χ0v) is 23.2. The number of anilines is 2. The first-order valence-corrected chi connectivity index (χ1v) is 13.0. The lowest BCUT2D eigenvalue weighted by Gasteiger charge is -2.27. The van der Waals surface area contributed by atoms with Gasteiger partial charge in [0.1, 0.15) is 29.9 Å². The third-order valence-electron chi connectivity index (χ3n) is 6.48. The normalized spacial score (nSPS) is 16.7. The van der Waals surface area contributed by atoms with Crippen molar-refractivity contribution < 1.29 is 18.7 Å². The highest BCUT2D eigenvalue weighted by molar-refractivity contribution is 7.80. The standard InChI is InChI=1S/C29H27ClN4O4S/c1-17-7-8-18(14-20(17)30)23-11-12-25(38-23)28-27(21-6-4-5-13-31-21)33-29(39)34(28)19-9-10-24(37-3)22(15-19)32-26(35)16-36-2/h4-15,27-28H,16H2,1-3H3,(H,32,35)(H,33,39)/t27-,28+/m1/s1. The van der Waals surface area contributed by atoms with Gasteiger partial charge in [-0.1, -0.05) is 29.8 Å². The highest BCUT2D eigenvalue weighted by Gasteiger charge is 2.42. The number of halogens is 1. The summed E-state index contributed by atoms with van der Waals surface area (Å²) in [4.78, 5) is 18.9. The van der Waals surface area contributed by atoms with Gasteiger partial charge in [-0.15, -0.1) is 0 Å². The fourth-order valence-corrected chi connectivity index (χ4v) is 5.12. The minimum absolute atomic E-state index is 0.0837. The van der Waals surface area contributed by atoms with E-state index in [-0.39, 0.29) is 24.6 Å². The second-order valence-electron chi connectivity index (χ2n) is 9.03. The molecule has 1 saturated heterocycles. The molecule has 1 fully saturated rings. The van der Waals surface area contributed by atoms with E-state index in [0.29, 0.717) is 33.1 Å². The van der Waals surface area contributed by atoms with E-state index in [1.165, 1.54) is 7.11 Å². The molecule has 1 amide bonds. The number of aromatic nitrogens is 1. The number of benzene rings is 2. The maximum Gasteiger partial charge on any atom is 0.250 e. The third-order valence-corrected chi connectivity index (χ3v) is 7.21. The second kappa shape index (κ2) is 11.4. The predicted molar refractivity (Wildman–Crippen MR) is 155 cm³/mol. The Balaban J connectivity index is 1.58. The molecular weight excluding hydrogens is 536 g/mol. The topological polar surface area (TPSA) is 88.9 Å². The minimum Gasteiger partial charge on any atom is -0.495 e. The Kier molecular flexibility index (Phi) is 7.83. The van der Waals surface area contributed by atoms with E-state index < -0.39 is 0 Å². The van der Waals surface area contributed by atoms with Crippen LogP contribution in [-0.4, -0.2) is 36.8 Å². The number of furan rings is 1. The van der Waals surface area contributed by atoms with E-state index in [1.54, 1.807) is 19.4 Å². The molecule has 3 heterocycles. The fourth-order valence-electron chi connectivity index (χ4n) is 4.60. The summed E-state index contributed by atoms with van der Waals surface area (Å²) in [5, 5.41) is 7.43.